The maximum atomic E-state index is 15.2. The number of hydrogen-bond donors (Lipinski definition) is 0. The Balaban J connectivity index is 1.86. The second kappa shape index (κ2) is 11.3. The van der Waals surface area contributed by atoms with Crippen LogP contribution < -0.4 is 4.74 Å². The summed E-state index contributed by atoms with van der Waals surface area (Å²) in [6.45, 7) is 4.45. The molecule has 1 saturated carbocycles. The van der Waals surface area contributed by atoms with Gasteiger partial charge < -0.3 is 4.74 Å². The SMILES string of the molecule is CCCCCCc1ccc(-c2ccc(C3CCC(CC)CC3)cc2C#N)c(OC)c1F. The van der Waals surface area contributed by atoms with E-state index in [0.717, 1.165) is 30.7 Å². The molecule has 0 aliphatic heterocycles. The zero-order valence-electron chi connectivity index (χ0n) is 19.3. The van der Waals surface area contributed by atoms with Gasteiger partial charge >= 0.3 is 0 Å². The summed E-state index contributed by atoms with van der Waals surface area (Å²) < 4.78 is 20.7. The highest BCUT2D eigenvalue weighted by molar-refractivity contribution is 5.77. The summed E-state index contributed by atoms with van der Waals surface area (Å²) in [6, 6.07) is 12.3. The zero-order valence-corrected chi connectivity index (χ0v) is 19.3. The first kappa shape index (κ1) is 23.3. The minimum atomic E-state index is -0.289. The minimum absolute atomic E-state index is 0.251. The molecule has 1 aliphatic carbocycles. The number of methoxy groups -OCH3 is 1. The summed E-state index contributed by atoms with van der Waals surface area (Å²) >= 11 is 0. The summed E-state index contributed by atoms with van der Waals surface area (Å²) in [5.74, 6) is 1.33. The van der Waals surface area contributed by atoms with Crippen molar-refractivity contribution >= 4 is 0 Å². The number of aryl methyl sites for hydroxylation is 1. The van der Waals surface area contributed by atoms with Crippen LogP contribution in [0.5, 0.6) is 5.75 Å². The lowest BCUT2D eigenvalue weighted by Gasteiger charge is -2.28. The van der Waals surface area contributed by atoms with E-state index in [0.29, 0.717) is 29.0 Å². The van der Waals surface area contributed by atoms with Gasteiger partial charge in [0.2, 0.25) is 0 Å². The molecule has 0 amide bonds. The molecule has 166 valence electrons. The second-order valence-corrected chi connectivity index (χ2v) is 8.97. The van der Waals surface area contributed by atoms with Crippen LogP contribution in [0.15, 0.2) is 30.3 Å². The van der Waals surface area contributed by atoms with E-state index in [9.17, 15) is 5.26 Å². The topological polar surface area (TPSA) is 33.0 Å². The fraction of sp³-hybridized carbons (Fsp3) is 0.536. The number of ether oxygens (including phenoxy) is 1. The van der Waals surface area contributed by atoms with Gasteiger partial charge in [-0.2, -0.15) is 5.26 Å². The van der Waals surface area contributed by atoms with Gasteiger partial charge in [0.25, 0.3) is 0 Å². The lowest BCUT2D eigenvalue weighted by Crippen LogP contribution is -2.12. The number of nitrogens with zero attached hydrogens (tertiary/aromatic N) is 1. The number of halogens is 1. The van der Waals surface area contributed by atoms with Crippen molar-refractivity contribution in [2.45, 2.75) is 84.0 Å². The molecular weight excluding hydrogens is 385 g/mol. The van der Waals surface area contributed by atoms with Gasteiger partial charge in [-0.25, -0.2) is 4.39 Å². The lowest BCUT2D eigenvalue weighted by atomic mass is 9.77. The van der Waals surface area contributed by atoms with E-state index in [4.69, 9.17) is 4.74 Å². The average molecular weight is 422 g/mol. The van der Waals surface area contributed by atoms with Gasteiger partial charge in [0.15, 0.2) is 11.6 Å². The molecule has 2 nitrogen and oxygen atoms in total. The molecule has 0 unspecified atom stereocenters. The summed E-state index contributed by atoms with van der Waals surface area (Å²) in [5, 5.41) is 9.85. The molecule has 0 atom stereocenters. The first-order chi connectivity index (χ1) is 15.1. The van der Waals surface area contributed by atoms with Crippen molar-refractivity contribution in [3.05, 3.63) is 52.8 Å². The van der Waals surface area contributed by atoms with Crippen molar-refractivity contribution in [2.75, 3.05) is 7.11 Å². The molecule has 0 spiro atoms. The van der Waals surface area contributed by atoms with Crippen LogP contribution in [0.25, 0.3) is 11.1 Å². The fourth-order valence-corrected chi connectivity index (χ4v) is 4.99. The van der Waals surface area contributed by atoms with Crippen LogP contribution in [0.1, 0.15) is 94.2 Å². The maximum Gasteiger partial charge on any atom is 0.168 e. The molecule has 0 bridgehead atoms. The molecule has 0 aromatic heterocycles. The Kier molecular flexibility index (Phi) is 8.52. The largest absolute Gasteiger partial charge is 0.493 e. The van der Waals surface area contributed by atoms with Gasteiger partial charge in [-0.3, -0.25) is 0 Å². The van der Waals surface area contributed by atoms with Gasteiger partial charge in [0.05, 0.1) is 18.7 Å². The van der Waals surface area contributed by atoms with E-state index in [1.165, 1.54) is 51.2 Å². The monoisotopic (exact) mass is 421 g/mol. The Morgan fingerprint density at radius 2 is 1.74 bits per heavy atom. The van der Waals surface area contributed by atoms with E-state index < -0.39 is 0 Å². The molecule has 3 heteroatoms. The number of rotatable bonds is 9. The van der Waals surface area contributed by atoms with Gasteiger partial charge in [-0.05, 0) is 67.6 Å². The lowest BCUT2D eigenvalue weighted by molar-refractivity contribution is 0.319. The van der Waals surface area contributed by atoms with Crippen LogP contribution in [-0.2, 0) is 6.42 Å². The quantitative estimate of drug-likeness (QED) is 0.382. The highest BCUT2D eigenvalue weighted by Gasteiger charge is 2.23. The smallest absolute Gasteiger partial charge is 0.168 e. The maximum absolute atomic E-state index is 15.2. The molecule has 2 aromatic carbocycles. The molecule has 0 saturated heterocycles. The van der Waals surface area contributed by atoms with Crippen LogP contribution in [0.3, 0.4) is 0 Å². The Morgan fingerprint density at radius 1 is 1.00 bits per heavy atom. The van der Waals surface area contributed by atoms with E-state index >= 15 is 4.39 Å². The standard InChI is InChI=1S/C28H36FNO/c1-4-6-7-8-9-22-14-17-26(28(31-3)27(22)29)25-16-15-23(18-24(25)19-30)21-12-10-20(5-2)11-13-21/h14-18,20-21H,4-13H2,1-3H3. The van der Waals surface area contributed by atoms with Crippen LogP contribution >= 0.6 is 0 Å². The average Bonchev–Trinajstić information content (AvgIpc) is 2.82. The number of benzene rings is 2. The predicted octanol–water partition coefficient (Wildman–Crippen LogP) is 8.18. The molecule has 1 fully saturated rings. The van der Waals surface area contributed by atoms with Gasteiger partial charge in [0, 0.05) is 11.1 Å². The Bertz CT molecular complexity index is 906. The van der Waals surface area contributed by atoms with E-state index in [1.54, 1.807) is 0 Å². The van der Waals surface area contributed by atoms with Crippen molar-refractivity contribution in [2.24, 2.45) is 5.92 Å². The highest BCUT2D eigenvalue weighted by Crippen LogP contribution is 2.40. The molecule has 0 N–H and O–H groups in total. The van der Waals surface area contributed by atoms with E-state index in [-0.39, 0.29) is 11.6 Å². The highest BCUT2D eigenvalue weighted by atomic mass is 19.1. The molecule has 0 heterocycles. The molecule has 0 radical (unpaired) electrons. The predicted molar refractivity (Wildman–Crippen MR) is 126 cm³/mol. The van der Waals surface area contributed by atoms with Crippen LogP contribution in [0.4, 0.5) is 4.39 Å². The first-order valence-electron chi connectivity index (χ1n) is 12.0. The molecule has 31 heavy (non-hydrogen) atoms. The summed E-state index contributed by atoms with van der Waals surface area (Å²) in [6.07, 6.45) is 11.3. The second-order valence-electron chi connectivity index (χ2n) is 8.97. The van der Waals surface area contributed by atoms with Crippen LogP contribution in [-0.4, -0.2) is 7.11 Å². The van der Waals surface area contributed by atoms with Crippen molar-refractivity contribution in [1.29, 1.82) is 5.26 Å². The minimum Gasteiger partial charge on any atom is -0.493 e. The fourth-order valence-electron chi connectivity index (χ4n) is 4.99. The van der Waals surface area contributed by atoms with E-state index in [1.807, 2.05) is 24.3 Å². The molecular formula is C28H36FNO. The van der Waals surface area contributed by atoms with Crippen molar-refractivity contribution < 1.29 is 9.13 Å². The third-order valence-electron chi connectivity index (χ3n) is 7.03. The number of nitriles is 1. The van der Waals surface area contributed by atoms with Gasteiger partial charge in [0.1, 0.15) is 0 Å². The molecule has 1 aliphatic rings. The van der Waals surface area contributed by atoms with E-state index in [2.05, 4.69) is 26.0 Å². The van der Waals surface area contributed by atoms with Crippen molar-refractivity contribution in [3.63, 3.8) is 0 Å². The zero-order chi connectivity index (χ0) is 22.2. The first-order valence-corrected chi connectivity index (χ1v) is 12.0. The van der Waals surface area contributed by atoms with Crippen molar-refractivity contribution in [3.8, 4) is 22.9 Å². The summed E-state index contributed by atoms with van der Waals surface area (Å²) in [5.41, 5.74) is 3.95. The third kappa shape index (κ3) is 5.48. The normalized spacial score (nSPS) is 18.5. The van der Waals surface area contributed by atoms with Crippen molar-refractivity contribution in [1.82, 2.24) is 0 Å². The number of hydrogen-bond acceptors (Lipinski definition) is 2. The third-order valence-corrected chi connectivity index (χ3v) is 7.03. The number of unbranched alkanes of at least 4 members (excludes halogenated alkanes) is 3. The summed E-state index contributed by atoms with van der Waals surface area (Å²) in [7, 11) is 1.51. The Hall–Kier alpha value is -2.34. The van der Waals surface area contributed by atoms with Crippen LogP contribution in [0, 0.1) is 23.1 Å². The Morgan fingerprint density at radius 3 is 2.39 bits per heavy atom. The Labute approximate surface area is 187 Å². The van der Waals surface area contributed by atoms with Gasteiger partial charge in [-0.1, -0.05) is 63.8 Å². The van der Waals surface area contributed by atoms with Crippen LogP contribution in [0.2, 0.25) is 0 Å². The molecule has 2 aromatic rings. The summed E-state index contributed by atoms with van der Waals surface area (Å²) in [4.78, 5) is 0. The van der Waals surface area contributed by atoms with Gasteiger partial charge in [-0.15, -0.1) is 0 Å². The molecule has 3 rings (SSSR count).